The SMILES string of the molecule is CC(CNC(=O)CC1CCCNC1)C(=O)O. The molecule has 1 rings (SSSR count). The van der Waals surface area contributed by atoms with Gasteiger partial charge in [0.2, 0.25) is 5.91 Å². The average molecular weight is 228 g/mol. The topological polar surface area (TPSA) is 78.4 Å². The summed E-state index contributed by atoms with van der Waals surface area (Å²) in [7, 11) is 0. The Morgan fingerprint density at radius 3 is 2.88 bits per heavy atom. The molecule has 0 aliphatic carbocycles. The first kappa shape index (κ1) is 13.0. The van der Waals surface area contributed by atoms with Gasteiger partial charge >= 0.3 is 5.97 Å². The van der Waals surface area contributed by atoms with Crippen molar-refractivity contribution in [2.75, 3.05) is 19.6 Å². The Morgan fingerprint density at radius 2 is 2.31 bits per heavy atom. The normalized spacial score (nSPS) is 22.4. The number of amides is 1. The molecule has 1 aliphatic rings. The highest BCUT2D eigenvalue weighted by atomic mass is 16.4. The molecule has 1 saturated heterocycles. The van der Waals surface area contributed by atoms with Crippen LogP contribution in [0.1, 0.15) is 26.2 Å². The van der Waals surface area contributed by atoms with Gasteiger partial charge in [0.25, 0.3) is 0 Å². The zero-order valence-corrected chi connectivity index (χ0v) is 9.66. The van der Waals surface area contributed by atoms with Crippen LogP contribution in [0, 0.1) is 11.8 Å². The number of piperidine rings is 1. The van der Waals surface area contributed by atoms with Crippen LogP contribution in [0.4, 0.5) is 0 Å². The molecule has 1 heterocycles. The summed E-state index contributed by atoms with van der Waals surface area (Å²) in [6.45, 7) is 3.73. The van der Waals surface area contributed by atoms with Gasteiger partial charge in [0.05, 0.1) is 5.92 Å². The molecule has 0 aromatic carbocycles. The van der Waals surface area contributed by atoms with Gasteiger partial charge in [-0.1, -0.05) is 6.92 Å². The summed E-state index contributed by atoms with van der Waals surface area (Å²) in [6, 6.07) is 0. The number of carbonyl (C=O) groups is 2. The van der Waals surface area contributed by atoms with Crippen molar-refractivity contribution in [3.8, 4) is 0 Å². The van der Waals surface area contributed by atoms with E-state index in [2.05, 4.69) is 10.6 Å². The van der Waals surface area contributed by atoms with Crippen LogP contribution in [-0.2, 0) is 9.59 Å². The minimum absolute atomic E-state index is 0.0400. The minimum Gasteiger partial charge on any atom is -0.481 e. The van der Waals surface area contributed by atoms with Crippen molar-refractivity contribution in [3.05, 3.63) is 0 Å². The molecular weight excluding hydrogens is 208 g/mol. The fraction of sp³-hybridized carbons (Fsp3) is 0.818. The molecule has 0 aromatic heterocycles. The molecule has 0 bridgehead atoms. The molecule has 5 nitrogen and oxygen atoms in total. The van der Waals surface area contributed by atoms with E-state index in [0.29, 0.717) is 12.3 Å². The largest absolute Gasteiger partial charge is 0.481 e. The van der Waals surface area contributed by atoms with Crippen LogP contribution in [0.2, 0.25) is 0 Å². The lowest BCUT2D eigenvalue weighted by atomic mass is 9.96. The van der Waals surface area contributed by atoms with Gasteiger partial charge in [-0.2, -0.15) is 0 Å². The monoisotopic (exact) mass is 228 g/mol. The van der Waals surface area contributed by atoms with E-state index in [-0.39, 0.29) is 12.5 Å². The summed E-state index contributed by atoms with van der Waals surface area (Å²) >= 11 is 0. The van der Waals surface area contributed by atoms with Gasteiger partial charge in [-0.25, -0.2) is 0 Å². The minimum atomic E-state index is -0.875. The lowest BCUT2D eigenvalue weighted by Gasteiger charge is -2.22. The maximum atomic E-state index is 11.5. The molecule has 2 atom stereocenters. The number of hydrogen-bond acceptors (Lipinski definition) is 3. The molecular formula is C11H20N2O3. The molecule has 1 amide bonds. The van der Waals surface area contributed by atoms with Gasteiger partial charge in [0, 0.05) is 13.0 Å². The first-order valence-electron chi connectivity index (χ1n) is 5.80. The van der Waals surface area contributed by atoms with Gasteiger partial charge in [-0.05, 0) is 31.8 Å². The maximum Gasteiger partial charge on any atom is 0.308 e. The van der Waals surface area contributed by atoms with E-state index in [1.54, 1.807) is 6.92 Å². The number of carbonyl (C=O) groups excluding carboxylic acids is 1. The summed E-state index contributed by atoms with van der Waals surface area (Å²) in [4.78, 5) is 22.0. The number of nitrogens with one attached hydrogen (secondary N) is 2. The Labute approximate surface area is 95.6 Å². The van der Waals surface area contributed by atoms with Crippen molar-refractivity contribution in [1.29, 1.82) is 0 Å². The summed E-state index contributed by atoms with van der Waals surface area (Å²) in [5.41, 5.74) is 0. The Morgan fingerprint density at radius 1 is 1.56 bits per heavy atom. The van der Waals surface area contributed by atoms with E-state index in [4.69, 9.17) is 5.11 Å². The van der Waals surface area contributed by atoms with Gasteiger partial charge in [0.1, 0.15) is 0 Å². The van der Waals surface area contributed by atoms with Crippen molar-refractivity contribution < 1.29 is 14.7 Å². The second kappa shape index (κ2) is 6.48. The van der Waals surface area contributed by atoms with E-state index < -0.39 is 11.9 Å². The van der Waals surface area contributed by atoms with Crippen LogP contribution >= 0.6 is 0 Å². The molecule has 3 N–H and O–H groups in total. The fourth-order valence-corrected chi connectivity index (χ4v) is 1.79. The van der Waals surface area contributed by atoms with Gasteiger partial charge in [-0.15, -0.1) is 0 Å². The number of carboxylic acids is 1. The van der Waals surface area contributed by atoms with Crippen LogP contribution in [0.25, 0.3) is 0 Å². The zero-order chi connectivity index (χ0) is 12.0. The molecule has 16 heavy (non-hydrogen) atoms. The molecule has 1 aliphatic heterocycles. The number of hydrogen-bond donors (Lipinski definition) is 3. The molecule has 92 valence electrons. The molecule has 0 spiro atoms. The first-order valence-corrected chi connectivity index (χ1v) is 5.80. The standard InChI is InChI=1S/C11H20N2O3/c1-8(11(15)16)6-13-10(14)5-9-3-2-4-12-7-9/h8-9,12H,2-7H2,1H3,(H,13,14)(H,15,16). The summed E-state index contributed by atoms with van der Waals surface area (Å²) in [5, 5.41) is 14.6. The highest BCUT2D eigenvalue weighted by molar-refractivity contribution is 5.77. The lowest BCUT2D eigenvalue weighted by Crippen LogP contribution is -2.36. The molecule has 1 fully saturated rings. The third kappa shape index (κ3) is 4.61. The highest BCUT2D eigenvalue weighted by Gasteiger charge is 2.18. The van der Waals surface area contributed by atoms with E-state index in [0.717, 1.165) is 25.9 Å². The highest BCUT2D eigenvalue weighted by Crippen LogP contribution is 2.13. The maximum absolute atomic E-state index is 11.5. The van der Waals surface area contributed by atoms with Crippen molar-refractivity contribution in [2.45, 2.75) is 26.2 Å². The average Bonchev–Trinajstić information content (AvgIpc) is 2.27. The zero-order valence-electron chi connectivity index (χ0n) is 9.66. The predicted octanol–water partition coefficient (Wildman–Crippen LogP) is 0.213. The third-order valence-electron chi connectivity index (χ3n) is 2.90. The van der Waals surface area contributed by atoms with Crippen LogP contribution < -0.4 is 10.6 Å². The van der Waals surface area contributed by atoms with Gasteiger partial charge in [0.15, 0.2) is 0 Å². The van der Waals surface area contributed by atoms with Crippen molar-refractivity contribution >= 4 is 11.9 Å². The van der Waals surface area contributed by atoms with E-state index in [1.807, 2.05) is 0 Å². The molecule has 0 saturated carbocycles. The molecule has 5 heteroatoms. The smallest absolute Gasteiger partial charge is 0.308 e. The lowest BCUT2D eigenvalue weighted by molar-refractivity contribution is -0.141. The van der Waals surface area contributed by atoms with E-state index in [1.165, 1.54) is 0 Å². The molecule has 0 aromatic rings. The fourth-order valence-electron chi connectivity index (χ4n) is 1.79. The van der Waals surface area contributed by atoms with Crippen molar-refractivity contribution in [2.24, 2.45) is 11.8 Å². The van der Waals surface area contributed by atoms with Crippen molar-refractivity contribution in [1.82, 2.24) is 10.6 Å². The summed E-state index contributed by atoms with van der Waals surface area (Å²) in [6.07, 6.45) is 2.69. The second-order valence-corrected chi connectivity index (χ2v) is 4.46. The molecule has 2 unspecified atom stereocenters. The summed E-state index contributed by atoms with van der Waals surface area (Å²) in [5.74, 6) is -1.04. The van der Waals surface area contributed by atoms with Crippen LogP contribution in [0.15, 0.2) is 0 Å². The van der Waals surface area contributed by atoms with Crippen molar-refractivity contribution in [3.63, 3.8) is 0 Å². The molecule has 0 radical (unpaired) electrons. The first-order chi connectivity index (χ1) is 7.59. The number of aliphatic carboxylic acids is 1. The summed E-state index contributed by atoms with van der Waals surface area (Å²) < 4.78 is 0. The Bertz CT molecular complexity index is 250. The number of carboxylic acid groups (broad SMARTS) is 1. The van der Waals surface area contributed by atoms with Gasteiger partial charge < -0.3 is 15.7 Å². The Kier molecular flexibility index (Phi) is 5.25. The third-order valence-corrected chi connectivity index (χ3v) is 2.90. The van der Waals surface area contributed by atoms with Crippen LogP contribution in [-0.4, -0.2) is 36.6 Å². The van der Waals surface area contributed by atoms with Crippen LogP contribution in [0.5, 0.6) is 0 Å². The second-order valence-electron chi connectivity index (χ2n) is 4.46. The van der Waals surface area contributed by atoms with Gasteiger partial charge in [-0.3, -0.25) is 9.59 Å². The predicted molar refractivity (Wildman–Crippen MR) is 60.0 cm³/mol. The number of rotatable bonds is 5. The van der Waals surface area contributed by atoms with E-state index >= 15 is 0 Å². The quantitative estimate of drug-likeness (QED) is 0.628. The Balaban J connectivity index is 2.17. The van der Waals surface area contributed by atoms with Crippen LogP contribution in [0.3, 0.4) is 0 Å². The Hall–Kier alpha value is -1.10. The van der Waals surface area contributed by atoms with E-state index in [9.17, 15) is 9.59 Å².